The van der Waals surface area contributed by atoms with Gasteiger partial charge >= 0.3 is 7.00 Å². The maximum atomic E-state index is 12.2. The van der Waals surface area contributed by atoms with E-state index in [1.54, 1.807) is 0 Å². The van der Waals surface area contributed by atoms with Crippen LogP contribution in [0.1, 0.15) is 16.8 Å². The van der Waals surface area contributed by atoms with Crippen molar-refractivity contribution in [1.82, 2.24) is 0 Å². The van der Waals surface area contributed by atoms with E-state index in [0.29, 0.717) is 0 Å². The lowest BCUT2D eigenvalue weighted by Gasteiger charge is -2.06. The molecule has 3 heteroatoms. The molecule has 0 radical (unpaired) electrons. The van der Waals surface area contributed by atoms with Gasteiger partial charge in [0, 0.05) is 17.4 Å². The van der Waals surface area contributed by atoms with E-state index in [1.807, 2.05) is 66.9 Å². The van der Waals surface area contributed by atoms with Gasteiger partial charge in [-0.05, 0) is 0 Å². The Morgan fingerprint density at radius 3 is 1.65 bits per heavy atom. The monoisotopic (exact) mass is 261 g/mol. The normalized spacial score (nSPS) is 11.5. The molecule has 2 rings (SSSR count). The van der Waals surface area contributed by atoms with Crippen molar-refractivity contribution in [2.45, 2.75) is 5.66 Å². The van der Waals surface area contributed by atoms with Crippen molar-refractivity contribution >= 4 is 18.4 Å². The highest BCUT2D eigenvalue weighted by Gasteiger charge is 2.33. The third-order valence-electron chi connectivity index (χ3n) is 2.62. The average molecular weight is 261 g/mol. The van der Waals surface area contributed by atoms with Crippen molar-refractivity contribution in [2.24, 2.45) is 0 Å². The summed E-state index contributed by atoms with van der Waals surface area (Å²) in [7, 11) is -1.33. The maximum absolute atomic E-state index is 12.2. The van der Waals surface area contributed by atoms with Gasteiger partial charge in [0.25, 0.3) is 0 Å². The van der Waals surface area contributed by atoms with Gasteiger partial charge in [0.2, 0.25) is 5.66 Å². The molecule has 0 N–H and O–H groups in total. The Kier molecular flexibility index (Phi) is 4.36. The Labute approximate surface area is 107 Å². The van der Waals surface area contributed by atoms with Crippen LogP contribution in [0, 0.1) is 0 Å². The summed E-state index contributed by atoms with van der Waals surface area (Å²) in [5.74, 6) is 0. The third-order valence-corrected chi connectivity index (χ3v) is 5.71. The van der Waals surface area contributed by atoms with Crippen LogP contribution in [-0.4, -0.2) is 6.26 Å². The first kappa shape index (κ1) is 12.3. The Morgan fingerprint density at radius 2 is 1.29 bits per heavy atom. The van der Waals surface area contributed by atoms with Crippen LogP contribution in [0.5, 0.6) is 0 Å². The van der Waals surface area contributed by atoms with E-state index in [2.05, 4.69) is 0 Å². The Morgan fingerprint density at radius 1 is 0.882 bits per heavy atom. The fourth-order valence-corrected chi connectivity index (χ4v) is 4.22. The molecule has 0 aliphatic carbocycles. The van der Waals surface area contributed by atoms with E-state index in [-0.39, 0.29) is 5.66 Å². The first-order chi connectivity index (χ1) is 8.33. The Hall–Kier alpha value is -1.11. The summed E-state index contributed by atoms with van der Waals surface area (Å²) in [4.78, 5) is 0. The van der Waals surface area contributed by atoms with Crippen LogP contribution in [0.2, 0.25) is 0 Å². The van der Waals surface area contributed by atoms with Gasteiger partial charge in [-0.2, -0.15) is 0 Å². The van der Waals surface area contributed by atoms with Crippen molar-refractivity contribution in [2.75, 3.05) is 6.26 Å². The molecule has 86 valence electrons. The molecule has 0 aliphatic heterocycles. The minimum Gasteiger partial charge on any atom is -0.0622 e. The summed E-state index contributed by atoms with van der Waals surface area (Å²) in [5, 5.41) is 0. The van der Waals surface area contributed by atoms with Crippen LogP contribution < -0.4 is 0 Å². The zero-order valence-electron chi connectivity index (χ0n) is 9.61. The molecule has 0 amide bonds. The highest BCUT2D eigenvalue weighted by Crippen LogP contribution is 2.53. The molecule has 1 atom stereocenters. The van der Waals surface area contributed by atoms with Crippen molar-refractivity contribution in [3.8, 4) is 0 Å². The lowest BCUT2D eigenvalue weighted by molar-refractivity contribution is 0.592. The molecule has 2 aromatic carbocycles. The molecule has 0 spiro atoms. The predicted octanol–water partition coefficient (Wildman–Crippen LogP) is 4.88. The van der Waals surface area contributed by atoms with E-state index in [1.165, 1.54) is 11.4 Å². The quantitative estimate of drug-likeness (QED) is 0.729. The minimum atomic E-state index is -1.33. The molecule has 0 aromatic heterocycles. The molecule has 1 nitrogen and oxygen atoms in total. The fourth-order valence-electron chi connectivity index (χ4n) is 1.81. The fraction of sp³-hybridized carbons (Fsp3) is 0.143. The van der Waals surface area contributed by atoms with Gasteiger partial charge in [0.05, 0.1) is 0 Å². The molecule has 0 saturated heterocycles. The topological polar surface area (TPSA) is 17.1 Å². The molecule has 0 saturated carbocycles. The van der Waals surface area contributed by atoms with E-state index >= 15 is 0 Å². The largest absolute Gasteiger partial charge is 0.422 e. The summed E-state index contributed by atoms with van der Waals surface area (Å²) in [6.45, 7) is 0. The molecule has 0 heterocycles. The zero-order chi connectivity index (χ0) is 12.1. The first-order valence-corrected chi connectivity index (χ1v) is 8.59. The summed E-state index contributed by atoms with van der Waals surface area (Å²) in [6.07, 6.45) is 1.90. The highest BCUT2D eigenvalue weighted by atomic mass is 32.7. The van der Waals surface area contributed by atoms with Gasteiger partial charge < -0.3 is 0 Å². The van der Waals surface area contributed by atoms with Gasteiger partial charge in [0.1, 0.15) is 11.4 Å². The molecule has 17 heavy (non-hydrogen) atoms. The molecule has 1 unspecified atom stereocenters. The summed E-state index contributed by atoms with van der Waals surface area (Å²) in [6, 6.07) is 20.1. The average Bonchev–Trinajstić information content (AvgIpc) is 2.41. The molecule has 0 bridgehead atoms. The number of hydrogen-bond acceptors (Lipinski definition) is 2. The number of hydrogen-bond donors (Lipinski definition) is 0. The van der Waals surface area contributed by atoms with Crippen LogP contribution in [0.3, 0.4) is 0 Å². The van der Waals surface area contributed by atoms with Crippen LogP contribution in [0.25, 0.3) is 0 Å². The zero-order valence-corrected chi connectivity index (χ0v) is 11.3. The first-order valence-electron chi connectivity index (χ1n) is 5.43. The second-order valence-corrected chi connectivity index (χ2v) is 7.32. The maximum Gasteiger partial charge on any atom is 0.422 e. The number of benzene rings is 2. The van der Waals surface area contributed by atoms with Crippen LogP contribution >= 0.6 is 18.4 Å². The Balaban J connectivity index is 2.43. The smallest absolute Gasteiger partial charge is 0.0622 e. The SMILES string of the molecule is CS[P+](=O)C(c1ccccc1)c1ccccc1. The molecular weight excluding hydrogens is 247 g/mol. The van der Waals surface area contributed by atoms with E-state index < -0.39 is 7.00 Å². The predicted molar refractivity (Wildman–Crippen MR) is 75.8 cm³/mol. The van der Waals surface area contributed by atoms with Gasteiger partial charge in [-0.3, -0.25) is 0 Å². The molecule has 2 aromatic rings. The molecule has 0 aliphatic rings. The lowest BCUT2D eigenvalue weighted by atomic mass is 10.0. The lowest BCUT2D eigenvalue weighted by Crippen LogP contribution is -1.94. The van der Waals surface area contributed by atoms with Gasteiger partial charge in [-0.25, -0.2) is 0 Å². The molecule has 0 fully saturated rings. The number of rotatable bonds is 4. The third kappa shape index (κ3) is 2.96. The second kappa shape index (κ2) is 6.00. The van der Waals surface area contributed by atoms with Gasteiger partial charge in [-0.15, -0.1) is 0 Å². The van der Waals surface area contributed by atoms with Crippen LogP contribution in [0.4, 0.5) is 0 Å². The minimum absolute atomic E-state index is 0.0117. The van der Waals surface area contributed by atoms with E-state index in [0.717, 1.165) is 11.1 Å². The highest BCUT2D eigenvalue weighted by molar-refractivity contribution is 8.51. The summed E-state index contributed by atoms with van der Waals surface area (Å²) >= 11 is 1.43. The summed E-state index contributed by atoms with van der Waals surface area (Å²) < 4.78 is 12.2. The van der Waals surface area contributed by atoms with E-state index in [9.17, 15) is 4.57 Å². The summed E-state index contributed by atoms with van der Waals surface area (Å²) in [5.41, 5.74) is 2.23. The van der Waals surface area contributed by atoms with Crippen LogP contribution in [-0.2, 0) is 4.57 Å². The van der Waals surface area contributed by atoms with Crippen LogP contribution in [0.15, 0.2) is 60.7 Å². The second-order valence-electron chi connectivity index (χ2n) is 3.69. The van der Waals surface area contributed by atoms with Gasteiger partial charge in [-0.1, -0.05) is 65.2 Å². The Bertz CT molecular complexity index is 445. The van der Waals surface area contributed by atoms with Crippen molar-refractivity contribution in [3.63, 3.8) is 0 Å². The van der Waals surface area contributed by atoms with Crippen molar-refractivity contribution in [1.29, 1.82) is 0 Å². The standard InChI is InChI=1S/C14H14OPS/c1-17-16(15)14(12-8-4-2-5-9-12)13-10-6-3-7-11-13/h2-11,14H,1H3/q+1. The molecular formula is C14H14OPS+. The van der Waals surface area contributed by atoms with Crippen molar-refractivity contribution < 1.29 is 4.57 Å². The van der Waals surface area contributed by atoms with Gasteiger partial charge in [0.15, 0.2) is 0 Å². The van der Waals surface area contributed by atoms with E-state index in [4.69, 9.17) is 0 Å². The van der Waals surface area contributed by atoms with Crippen molar-refractivity contribution in [3.05, 3.63) is 71.8 Å².